The number of ether oxygens (including phenoxy) is 2. The van der Waals surface area contributed by atoms with Crippen molar-refractivity contribution < 1.29 is 13.9 Å². The number of fused-ring (bicyclic) bond motifs is 3. The number of aryl methyl sites for hydroxylation is 1. The molecule has 1 fully saturated rings. The minimum Gasteiger partial charge on any atom is -0.491 e. The maximum Gasteiger partial charge on any atom is 0.217 e. The monoisotopic (exact) mass is 502 g/mol. The number of piperazine rings is 1. The Bertz CT molecular complexity index is 1470. The van der Waals surface area contributed by atoms with Crippen LogP contribution >= 0.6 is 0 Å². The summed E-state index contributed by atoms with van der Waals surface area (Å²) in [6.45, 7) is 8.72. The summed E-state index contributed by atoms with van der Waals surface area (Å²) in [6, 6.07) is 12.0. The molecule has 0 aliphatic carbocycles. The van der Waals surface area contributed by atoms with E-state index in [1.807, 2.05) is 42.1 Å². The molecule has 1 aliphatic rings. The molecule has 4 aromatic heterocycles. The number of methoxy groups -OCH3 is 1. The average molecular weight is 503 g/mol. The van der Waals surface area contributed by atoms with Crippen LogP contribution in [-0.4, -0.2) is 87.3 Å². The molecule has 0 spiro atoms. The van der Waals surface area contributed by atoms with Crippen LogP contribution in [0.15, 0.2) is 53.3 Å². The smallest absolute Gasteiger partial charge is 0.217 e. The highest BCUT2D eigenvalue weighted by molar-refractivity contribution is 5.89. The van der Waals surface area contributed by atoms with Gasteiger partial charge in [0.05, 0.1) is 31.0 Å². The molecule has 1 aromatic carbocycles. The largest absolute Gasteiger partial charge is 0.491 e. The molecule has 0 atom stereocenters. The lowest BCUT2D eigenvalue weighted by atomic mass is 10.2. The van der Waals surface area contributed by atoms with Gasteiger partial charge in [-0.05, 0) is 43.3 Å². The molecule has 11 nitrogen and oxygen atoms in total. The van der Waals surface area contributed by atoms with Gasteiger partial charge in [-0.3, -0.25) is 4.90 Å². The maximum atomic E-state index is 5.67. The van der Waals surface area contributed by atoms with Crippen molar-refractivity contribution in [2.24, 2.45) is 0 Å². The summed E-state index contributed by atoms with van der Waals surface area (Å²) in [5.41, 5.74) is 2.79. The summed E-state index contributed by atoms with van der Waals surface area (Å²) in [5.74, 6) is 2.81. The summed E-state index contributed by atoms with van der Waals surface area (Å²) >= 11 is 0. The fourth-order valence-corrected chi connectivity index (χ4v) is 4.70. The van der Waals surface area contributed by atoms with Gasteiger partial charge in [0.2, 0.25) is 5.82 Å². The van der Waals surface area contributed by atoms with E-state index in [1.165, 1.54) is 5.69 Å². The van der Waals surface area contributed by atoms with E-state index in [-0.39, 0.29) is 0 Å². The summed E-state index contributed by atoms with van der Waals surface area (Å²) < 4.78 is 19.9. The summed E-state index contributed by atoms with van der Waals surface area (Å²) in [5, 5.41) is 10.1. The molecule has 0 N–H and O–H groups in total. The van der Waals surface area contributed by atoms with Gasteiger partial charge in [-0.1, -0.05) is 0 Å². The van der Waals surface area contributed by atoms with Crippen molar-refractivity contribution in [3.05, 3.63) is 54.7 Å². The van der Waals surface area contributed by atoms with Gasteiger partial charge < -0.3 is 18.8 Å². The number of hydrogen-bond donors (Lipinski definition) is 0. The van der Waals surface area contributed by atoms with Crippen LogP contribution in [0, 0.1) is 6.92 Å². The second-order valence-corrected chi connectivity index (χ2v) is 9.08. The Morgan fingerprint density at radius 2 is 1.78 bits per heavy atom. The van der Waals surface area contributed by atoms with Gasteiger partial charge in [0.1, 0.15) is 18.2 Å². The lowest BCUT2D eigenvalue weighted by Crippen LogP contribution is -2.47. The van der Waals surface area contributed by atoms with Crippen molar-refractivity contribution in [2.75, 3.05) is 57.9 Å². The van der Waals surface area contributed by atoms with E-state index in [1.54, 1.807) is 17.9 Å². The summed E-state index contributed by atoms with van der Waals surface area (Å²) in [4.78, 5) is 14.4. The molecule has 1 saturated heterocycles. The third-order valence-electron chi connectivity index (χ3n) is 6.73. The lowest BCUT2D eigenvalue weighted by Gasteiger charge is -2.36. The minimum atomic E-state index is 0.543. The molecule has 5 aromatic rings. The van der Waals surface area contributed by atoms with E-state index in [2.05, 4.69) is 32.1 Å². The Hall–Kier alpha value is -3.96. The zero-order valence-electron chi connectivity index (χ0n) is 21.1. The number of nitrogens with zero attached hydrogens (tertiary/aromatic N) is 8. The van der Waals surface area contributed by atoms with Gasteiger partial charge in [-0.15, -0.1) is 5.10 Å². The van der Waals surface area contributed by atoms with Crippen LogP contribution < -0.4 is 9.64 Å². The van der Waals surface area contributed by atoms with Crippen molar-refractivity contribution >= 4 is 22.4 Å². The molecule has 11 heteroatoms. The predicted molar refractivity (Wildman–Crippen MR) is 139 cm³/mol. The molecule has 0 unspecified atom stereocenters. The molecule has 0 amide bonds. The van der Waals surface area contributed by atoms with Crippen LogP contribution in [0.3, 0.4) is 0 Å². The first-order valence-corrected chi connectivity index (χ1v) is 12.5. The number of furan rings is 1. The lowest BCUT2D eigenvalue weighted by molar-refractivity contribution is 0.146. The second kappa shape index (κ2) is 10.2. The third-order valence-corrected chi connectivity index (χ3v) is 6.73. The van der Waals surface area contributed by atoms with E-state index >= 15 is 0 Å². The topological polar surface area (TPSA) is 99.0 Å². The zero-order chi connectivity index (χ0) is 25.2. The Kier molecular flexibility index (Phi) is 6.46. The molecule has 37 heavy (non-hydrogen) atoms. The van der Waals surface area contributed by atoms with Crippen molar-refractivity contribution in [3.63, 3.8) is 0 Å². The van der Waals surface area contributed by atoms with Crippen LogP contribution in [0.5, 0.6) is 5.75 Å². The quantitative estimate of drug-likeness (QED) is 0.282. The van der Waals surface area contributed by atoms with Crippen LogP contribution in [-0.2, 0) is 11.3 Å². The highest BCUT2D eigenvalue weighted by Crippen LogP contribution is 2.23. The molecule has 0 saturated carbocycles. The Balaban J connectivity index is 1.08. The number of benzene rings is 1. The molecular weight excluding hydrogens is 472 g/mol. The fraction of sp³-hybridized carbons (Fsp3) is 0.385. The van der Waals surface area contributed by atoms with Gasteiger partial charge in [0.25, 0.3) is 0 Å². The van der Waals surface area contributed by atoms with Gasteiger partial charge in [0, 0.05) is 45.5 Å². The van der Waals surface area contributed by atoms with Gasteiger partial charge in [0.15, 0.2) is 17.1 Å². The molecular formula is C26H30N8O3. The standard InChI is InChI=1S/C26H30N8O3/c1-19-28-25-22(26-29-24(30-34(19)26)23-4-3-15-37-23)18-27-33(25)14-11-31-9-12-32(13-10-31)20-5-7-21(8-6-20)36-17-16-35-2/h3-8,15,18H,9-14,16-17H2,1-2H3. The first-order chi connectivity index (χ1) is 18.2. The number of aromatic nitrogens is 6. The second-order valence-electron chi connectivity index (χ2n) is 9.08. The van der Waals surface area contributed by atoms with E-state index in [0.717, 1.165) is 67.5 Å². The molecule has 0 bridgehead atoms. The van der Waals surface area contributed by atoms with Crippen LogP contribution in [0.25, 0.3) is 28.3 Å². The maximum absolute atomic E-state index is 5.67. The number of anilines is 1. The van der Waals surface area contributed by atoms with Gasteiger partial charge >= 0.3 is 0 Å². The van der Waals surface area contributed by atoms with Crippen LogP contribution in [0.1, 0.15) is 5.82 Å². The highest BCUT2D eigenvalue weighted by Gasteiger charge is 2.20. The number of hydrogen-bond acceptors (Lipinski definition) is 9. The molecule has 192 valence electrons. The predicted octanol–water partition coefficient (Wildman–Crippen LogP) is 2.89. The van der Waals surface area contributed by atoms with Gasteiger partial charge in [-0.25, -0.2) is 14.6 Å². The normalized spacial score (nSPS) is 14.7. The third kappa shape index (κ3) is 4.75. The van der Waals surface area contributed by atoms with Crippen molar-refractivity contribution in [1.29, 1.82) is 0 Å². The first-order valence-electron chi connectivity index (χ1n) is 12.5. The van der Waals surface area contributed by atoms with Crippen molar-refractivity contribution in [2.45, 2.75) is 13.5 Å². The Morgan fingerprint density at radius 3 is 2.54 bits per heavy atom. The first kappa shape index (κ1) is 23.4. The van der Waals surface area contributed by atoms with Crippen LogP contribution in [0.2, 0.25) is 0 Å². The SMILES string of the molecule is COCCOc1ccc(N2CCN(CCn3ncc4c3nc(C)n3nc(-c5ccco5)nc43)CC2)cc1. The summed E-state index contributed by atoms with van der Waals surface area (Å²) in [6.07, 6.45) is 3.45. The minimum absolute atomic E-state index is 0.543. The van der Waals surface area contributed by atoms with Crippen LogP contribution in [0.4, 0.5) is 5.69 Å². The molecule has 5 heterocycles. The van der Waals surface area contributed by atoms with E-state index < -0.39 is 0 Å². The summed E-state index contributed by atoms with van der Waals surface area (Å²) in [7, 11) is 1.68. The zero-order valence-corrected chi connectivity index (χ0v) is 21.1. The Morgan fingerprint density at radius 1 is 0.946 bits per heavy atom. The molecule has 1 aliphatic heterocycles. The Labute approximate surface area is 214 Å². The van der Waals surface area contributed by atoms with E-state index in [9.17, 15) is 0 Å². The van der Waals surface area contributed by atoms with Crippen molar-refractivity contribution in [1.82, 2.24) is 34.3 Å². The van der Waals surface area contributed by atoms with E-state index in [4.69, 9.17) is 23.9 Å². The van der Waals surface area contributed by atoms with E-state index in [0.29, 0.717) is 24.8 Å². The van der Waals surface area contributed by atoms with Gasteiger partial charge in [-0.2, -0.15) is 9.61 Å². The average Bonchev–Trinajstić information content (AvgIpc) is 3.68. The highest BCUT2D eigenvalue weighted by atomic mass is 16.5. The molecule has 6 rings (SSSR count). The molecule has 0 radical (unpaired) electrons. The van der Waals surface area contributed by atoms with Crippen molar-refractivity contribution in [3.8, 4) is 17.3 Å². The number of rotatable bonds is 9. The fourth-order valence-electron chi connectivity index (χ4n) is 4.70.